The third-order valence-corrected chi connectivity index (χ3v) is 4.09. The number of carbonyl (C=O) groups is 1. The van der Waals surface area contributed by atoms with Gasteiger partial charge in [0.2, 0.25) is 5.91 Å². The average molecular weight is 233 g/mol. The van der Waals surface area contributed by atoms with Gasteiger partial charge in [0.1, 0.15) is 0 Å². The molecular formula is C15H23NO. The number of nitrogens with zero attached hydrogens (tertiary/aromatic N) is 1. The zero-order chi connectivity index (χ0) is 12.3. The van der Waals surface area contributed by atoms with Gasteiger partial charge in [0.15, 0.2) is 0 Å². The summed E-state index contributed by atoms with van der Waals surface area (Å²) in [7, 11) is 0. The fourth-order valence-corrected chi connectivity index (χ4v) is 2.78. The van der Waals surface area contributed by atoms with Gasteiger partial charge in [0.05, 0.1) is 5.92 Å². The van der Waals surface area contributed by atoms with Crippen molar-refractivity contribution < 1.29 is 4.79 Å². The molecular weight excluding hydrogens is 210 g/mol. The van der Waals surface area contributed by atoms with Crippen LogP contribution in [0, 0.1) is 17.8 Å². The minimum atomic E-state index is 0.0931. The third-order valence-electron chi connectivity index (χ3n) is 4.09. The summed E-state index contributed by atoms with van der Waals surface area (Å²) in [5, 5.41) is 0. The Labute approximate surface area is 104 Å². The Bertz CT molecular complexity index is 322. The van der Waals surface area contributed by atoms with E-state index in [1.54, 1.807) is 0 Å². The number of amides is 1. The van der Waals surface area contributed by atoms with E-state index >= 15 is 0 Å². The molecule has 1 aliphatic heterocycles. The van der Waals surface area contributed by atoms with Gasteiger partial charge in [0.25, 0.3) is 0 Å². The lowest BCUT2D eigenvalue weighted by atomic mass is 9.86. The maximum atomic E-state index is 12.3. The van der Waals surface area contributed by atoms with E-state index in [9.17, 15) is 4.79 Å². The molecule has 0 aromatic rings. The Hall–Kier alpha value is -1.05. The zero-order valence-electron chi connectivity index (χ0n) is 10.9. The SMILES string of the molecule is CC(C)C1CCN(C(=O)C2C=CC=CC2)CC1. The summed E-state index contributed by atoms with van der Waals surface area (Å²) in [6, 6.07) is 0. The summed E-state index contributed by atoms with van der Waals surface area (Å²) >= 11 is 0. The van der Waals surface area contributed by atoms with Crippen molar-refractivity contribution in [1.29, 1.82) is 0 Å². The Balaban J connectivity index is 1.86. The highest BCUT2D eigenvalue weighted by Crippen LogP contribution is 2.26. The second kappa shape index (κ2) is 5.52. The molecule has 1 heterocycles. The number of piperidine rings is 1. The lowest BCUT2D eigenvalue weighted by Gasteiger charge is -2.35. The molecule has 1 saturated heterocycles. The molecule has 0 saturated carbocycles. The topological polar surface area (TPSA) is 20.3 Å². The molecule has 0 aromatic carbocycles. The van der Waals surface area contributed by atoms with E-state index in [0.717, 1.165) is 31.3 Å². The molecule has 0 bridgehead atoms. The first-order valence-electron chi connectivity index (χ1n) is 6.80. The van der Waals surface area contributed by atoms with Crippen LogP contribution in [0.1, 0.15) is 33.1 Å². The van der Waals surface area contributed by atoms with Crippen LogP contribution in [-0.2, 0) is 4.79 Å². The number of allylic oxidation sites excluding steroid dienone is 3. The van der Waals surface area contributed by atoms with E-state index in [1.165, 1.54) is 12.8 Å². The molecule has 0 spiro atoms. The molecule has 1 fully saturated rings. The van der Waals surface area contributed by atoms with Gasteiger partial charge in [-0.25, -0.2) is 0 Å². The van der Waals surface area contributed by atoms with Crippen molar-refractivity contribution in [3.63, 3.8) is 0 Å². The number of likely N-dealkylation sites (tertiary alicyclic amines) is 1. The lowest BCUT2D eigenvalue weighted by Crippen LogP contribution is -2.42. The first-order valence-corrected chi connectivity index (χ1v) is 6.80. The molecule has 2 heteroatoms. The van der Waals surface area contributed by atoms with E-state index < -0.39 is 0 Å². The first-order chi connectivity index (χ1) is 8.18. The van der Waals surface area contributed by atoms with E-state index in [-0.39, 0.29) is 5.92 Å². The van der Waals surface area contributed by atoms with Gasteiger partial charge in [-0.05, 0) is 31.1 Å². The largest absolute Gasteiger partial charge is 0.342 e. The molecule has 2 aliphatic rings. The van der Waals surface area contributed by atoms with Crippen molar-refractivity contribution in [3.8, 4) is 0 Å². The number of rotatable bonds is 2. The van der Waals surface area contributed by atoms with Gasteiger partial charge in [-0.2, -0.15) is 0 Å². The van der Waals surface area contributed by atoms with Crippen molar-refractivity contribution in [3.05, 3.63) is 24.3 Å². The fourth-order valence-electron chi connectivity index (χ4n) is 2.78. The zero-order valence-corrected chi connectivity index (χ0v) is 10.9. The molecule has 1 aliphatic carbocycles. The van der Waals surface area contributed by atoms with Crippen LogP contribution in [0.2, 0.25) is 0 Å². The molecule has 0 radical (unpaired) electrons. The Morgan fingerprint density at radius 2 is 1.94 bits per heavy atom. The summed E-state index contributed by atoms with van der Waals surface area (Å²) in [6.45, 7) is 6.49. The fraction of sp³-hybridized carbons (Fsp3) is 0.667. The molecule has 2 rings (SSSR count). The maximum Gasteiger partial charge on any atom is 0.229 e. The normalized spacial score (nSPS) is 25.6. The van der Waals surface area contributed by atoms with Crippen molar-refractivity contribution in [1.82, 2.24) is 4.90 Å². The number of hydrogen-bond donors (Lipinski definition) is 0. The van der Waals surface area contributed by atoms with Gasteiger partial charge in [0, 0.05) is 13.1 Å². The van der Waals surface area contributed by atoms with Gasteiger partial charge in [-0.3, -0.25) is 4.79 Å². The molecule has 1 unspecified atom stereocenters. The number of carbonyl (C=O) groups excluding carboxylic acids is 1. The lowest BCUT2D eigenvalue weighted by molar-refractivity contribution is -0.135. The Morgan fingerprint density at radius 3 is 2.47 bits per heavy atom. The quantitative estimate of drug-likeness (QED) is 0.718. The molecule has 0 N–H and O–H groups in total. The molecule has 1 amide bonds. The van der Waals surface area contributed by atoms with Crippen LogP contribution in [0.4, 0.5) is 0 Å². The van der Waals surface area contributed by atoms with Crippen LogP contribution in [0.15, 0.2) is 24.3 Å². The van der Waals surface area contributed by atoms with E-state index in [2.05, 4.69) is 24.8 Å². The Morgan fingerprint density at radius 1 is 1.24 bits per heavy atom. The summed E-state index contributed by atoms with van der Waals surface area (Å²) in [5.74, 6) is 1.98. The van der Waals surface area contributed by atoms with Crippen molar-refractivity contribution >= 4 is 5.91 Å². The first kappa shape index (κ1) is 12.4. The smallest absolute Gasteiger partial charge is 0.229 e. The number of hydrogen-bond acceptors (Lipinski definition) is 1. The molecule has 2 nitrogen and oxygen atoms in total. The molecule has 94 valence electrons. The molecule has 17 heavy (non-hydrogen) atoms. The van der Waals surface area contributed by atoms with Crippen LogP contribution in [-0.4, -0.2) is 23.9 Å². The van der Waals surface area contributed by atoms with Gasteiger partial charge < -0.3 is 4.90 Å². The van der Waals surface area contributed by atoms with Crippen molar-refractivity contribution in [2.45, 2.75) is 33.1 Å². The molecule has 0 aromatic heterocycles. The van der Waals surface area contributed by atoms with Gasteiger partial charge in [-0.15, -0.1) is 0 Å². The van der Waals surface area contributed by atoms with Gasteiger partial charge >= 0.3 is 0 Å². The maximum absolute atomic E-state index is 12.3. The second-order valence-corrected chi connectivity index (χ2v) is 5.56. The summed E-state index contributed by atoms with van der Waals surface area (Å²) in [4.78, 5) is 14.3. The van der Waals surface area contributed by atoms with Crippen LogP contribution in [0.25, 0.3) is 0 Å². The van der Waals surface area contributed by atoms with Crippen LogP contribution >= 0.6 is 0 Å². The van der Waals surface area contributed by atoms with E-state index in [4.69, 9.17) is 0 Å². The van der Waals surface area contributed by atoms with Crippen LogP contribution in [0.5, 0.6) is 0 Å². The second-order valence-electron chi connectivity index (χ2n) is 5.56. The minimum absolute atomic E-state index is 0.0931. The highest BCUT2D eigenvalue weighted by Gasteiger charge is 2.27. The predicted molar refractivity (Wildman–Crippen MR) is 70.5 cm³/mol. The highest BCUT2D eigenvalue weighted by molar-refractivity contribution is 5.81. The summed E-state index contributed by atoms with van der Waals surface area (Å²) < 4.78 is 0. The van der Waals surface area contributed by atoms with Crippen LogP contribution < -0.4 is 0 Å². The van der Waals surface area contributed by atoms with E-state index in [1.807, 2.05) is 18.2 Å². The summed E-state index contributed by atoms with van der Waals surface area (Å²) in [5.41, 5.74) is 0. The third kappa shape index (κ3) is 2.99. The van der Waals surface area contributed by atoms with Gasteiger partial charge in [-0.1, -0.05) is 38.2 Å². The monoisotopic (exact) mass is 233 g/mol. The standard InChI is InChI=1S/C15H23NO/c1-12(2)13-8-10-16(11-9-13)15(17)14-6-4-3-5-7-14/h3-6,12-14H,7-11H2,1-2H3. The summed E-state index contributed by atoms with van der Waals surface area (Å²) in [6.07, 6.45) is 11.4. The molecule has 1 atom stereocenters. The highest BCUT2D eigenvalue weighted by atomic mass is 16.2. The minimum Gasteiger partial charge on any atom is -0.342 e. The van der Waals surface area contributed by atoms with Crippen molar-refractivity contribution in [2.75, 3.05) is 13.1 Å². The Kier molecular flexibility index (Phi) is 4.03. The van der Waals surface area contributed by atoms with E-state index in [0.29, 0.717) is 5.91 Å². The van der Waals surface area contributed by atoms with Crippen molar-refractivity contribution in [2.24, 2.45) is 17.8 Å². The van der Waals surface area contributed by atoms with Crippen LogP contribution in [0.3, 0.4) is 0 Å². The average Bonchev–Trinajstić information content (AvgIpc) is 2.39. The predicted octanol–water partition coefficient (Wildman–Crippen LogP) is 3.01.